The topological polar surface area (TPSA) is 83.5 Å². The van der Waals surface area contributed by atoms with Gasteiger partial charge in [0.05, 0.1) is 21.8 Å². The molecular formula is C10H11F6O5S-. The molecule has 0 N–H and O–H groups in total. The molecule has 1 fully saturated rings. The average Bonchev–Trinajstić information content (AvgIpc) is 2.75. The number of hydrogen-bond acceptors (Lipinski definition) is 5. The molecule has 1 aliphatic rings. The lowest BCUT2D eigenvalue weighted by Gasteiger charge is -2.37. The van der Waals surface area contributed by atoms with Crippen LogP contribution in [0.25, 0.3) is 0 Å². The molecule has 0 aliphatic heterocycles. The van der Waals surface area contributed by atoms with E-state index in [-0.39, 0.29) is 12.8 Å². The van der Waals surface area contributed by atoms with E-state index < -0.39 is 45.7 Å². The highest BCUT2D eigenvalue weighted by atomic mass is 32.2. The van der Waals surface area contributed by atoms with Crippen molar-refractivity contribution in [1.29, 1.82) is 0 Å². The van der Waals surface area contributed by atoms with Gasteiger partial charge in [-0.25, -0.2) is 8.42 Å². The van der Waals surface area contributed by atoms with Crippen molar-refractivity contribution in [3.05, 3.63) is 0 Å². The molecule has 0 radical (unpaired) electrons. The Labute approximate surface area is 121 Å². The van der Waals surface area contributed by atoms with Crippen LogP contribution in [0.4, 0.5) is 26.3 Å². The minimum atomic E-state index is -6.31. The number of rotatable bonds is 4. The third kappa shape index (κ3) is 4.03. The molecule has 5 nitrogen and oxygen atoms in total. The summed E-state index contributed by atoms with van der Waals surface area (Å²) in [5, 5.41) is 0. The number of carbonyl (C=O) groups is 1. The summed E-state index contributed by atoms with van der Waals surface area (Å²) in [5.74, 6) is -5.94. The highest BCUT2D eigenvalue weighted by Crippen LogP contribution is 2.47. The highest BCUT2D eigenvalue weighted by molar-refractivity contribution is 7.85. The molecule has 0 saturated heterocycles. The van der Waals surface area contributed by atoms with Crippen LogP contribution in [0.5, 0.6) is 0 Å². The predicted molar refractivity (Wildman–Crippen MR) is 57.5 cm³/mol. The van der Waals surface area contributed by atoms with Crippen LogP contribution in [0.15, 0.2) is 0 Å². The Hall–Kier alpha value is -1.04. The van der Waals surface area contributed by atoms with Crippen LogP contribution in [0.3, 0.4) is 0 Å². The van der Waals surface area contributed by atoms with Gasteiger partial charge in [0.25, 0.3) is 0 Å². The minimum Gasteiger partial charge on any atom is -0.748 e. The van der Waals surface area contributed by atoms with Crippen LogP contribution in [-0.4, -0.2) is 42.6 Å². The van der Waals surface area contributed by atoms with Crippen LogP contribution < -0.4 is 0 Å². The molecule has 130 valence electrons. The molecule has 22 heavy (non-hydrogen) atoms. The molecule has 0 amide bonds. The fourth-order valence-electron chi connectivity index (χ4n) is 2.14. The molecule has 0 spiro atoms. The summed E-state index contributed by atoms with van der Waals surface area (Å²) >= 11 is 0. The summed E-state index contributed by atoms with van der Waals surface area (Å²) in [6.45, 7) is 0. The molecular weight excluding hydrogens is 346 g/mol. The molecule has 0 atom stereocenters. The predicted octanol–water partition coefficient (Wildman–Crippen LogP) is 2.13. The Morgan fingerprint density at radius 3 is 1.77 bits per heavy atom. The molecule has 0 aromatic heterocycles. The summed E-state index contributed by atoms with van der Waals surface area (Å²) in [4.78, 5) is 11.5. The average molecular weight is 357 g/mol. The Kier molecular flexibility index (Phi) is 5.07. The Bertz CT molecular complexity index is 503. The first-order valence-electron chi connectivity index (χ1n) is 5.99. The van der Waals surface area contributed by atoms with Crippen LogP contribution in [-0.2, 0) is 19.6 Å². The zero-order valence-electron chi connectivity index (χ0n) is 10.8. The second-order valence-electron chi connectivity index (χ2n) is 4.93. The first kappa shape index (κ1) is 19.0. The van der Waals surface area contributed by atoms with E-state index >= 15 is 0 Å². The van der Waals surface area contributed by atoms with Crippen molar-refractivity contribution in [2.24, 2.45) is 5.92 Å². The maximum atomic E-state index is 12.8. The standard InChI is InChI=1S/C10H12F6O5S/c11-9(12,13)8(10(14,15)16,5-22(18,19)20)21-7(17)6-3-1-2-4-6/h6H,1-5H2,(H,18,19,20)/p-1. The molecule has 1 rings (SSSR count). The number of hydrogen-bond donors (Lipinski definition) is 0. The lowest BCUT2D eigenvalue weighted by Crippen LogP contribution is -2.63. The van der Waals surface area contributed by atoms with E-state index in [1.54, 1.807) is 0 Å². The lowest BCUT2D eigenvalue weighted by atomic mass is 10.0. The van der Waals surface area contributed by atoms with Crippen LogP contribution in [0, 0.1) is 5.92 Å². The van der Waals surface area contributed by atoms with E-state index in [9.17, 15) is 44.1 Å². The SMILES string of the molecule is O=C(OC(CS(=O)(=O)[O-])(C(F)(F)F)C(F)(F)F)C1CCCC1. The van der Waals surface area contributed by atoms with Crippen molar-refractivity contribution in [2.75, 3.05) is 5.75 Å². The number of halogens is 6. The van der Waals surface area contributed by atoms with Gasteiger partial charge in [-0.2, -0.15) is 26.3 Å². The van der Waals surface area contributed by atoms with Gasteiger partial charge in [-0.15, -0.1) is 0 Å². The zero-order valence-corrected chi connectivity index (χ0v) is 11.6. The van der Waals surface area contributed by atoms with E-state index in [0.29, 0.717) is 12.8 Å². The van der Waals surface area contributed by atoms with Gasteiger partial charge < -0.3 is 9.29 Å². The third-order valence-corrected chi connectivity index (χ3v) is 4.02. The molecule has 1 aliphatic carbocycles. The van der Waals surface area contributed by atoms with Gasteiger partial charge in [0.15, 0.2) is 0 Å². The summed E-state index contributed by atoms with van der Waals surface area (Å²) in [6.07, 6.45) is -11.7. The molecule has 0 aromatic rings. The quantitative estimate of drug-likeness (QED) is 0.437. The van der Waals surface area contributed by atoms with Crippen LogP contribution in [0.1, 0.15) is 25.7 Å². The second-order valence-corrected chi connectivity index (χ2v) is 6.33. The molecule has 12 heteroatoms. The van der Waals surface area contributed by atoms with Gasteiger partial charge in [-0.1, -0.05) is 12.8 Å². The molecule has 0 bridgehead atoms. The minimum absolute atomic E-state index is 0.0365. The third-order valence-electron chi connectivity index (χ3n) is 3.26. The van der Waals surface area contributed by atoms with E-state index in [1.165, 1.54) is 0 Å². The van der Waals surface area contributed by atoms with Gasteiger partial charge in [-0.05, 0) is 12.8 Å². The van der Waals surface area contributed by atoms with Gasteiger partial charge in [0, 0.05) is 0 Å². The monoisotopic (exact) mass is 357 g/mol. The van der Waals surface area contributed by atoms with Gasteiger partial charge in [0.2, 0.25) is 0 Å². The number of esters is 1. The van der Waals surface area contributed by atoms with E-state index in [1.807, 2.05) is 0 Å². The van der Waals surface area contributed by atoms with E-state index in [0.717, 1.165) is 0 Å². The second kappa shape index (κ2) is 5.87. The Morgan fingerprint density at radius 2 is 1.45 bits per heavy atom. The number of alkyl halides is 6. The van der Waals surface area contributed by atoms with Crippen LogP contribution in [0.2, 0.25) is 0 Å². The van der Waals surface area contributed by atoms with Crippen LogP contribution >= 0.6 is 0 Å². The maximum Gasteiger partial charge on any atom is 0.438 e. The first-order valence-corrected chi connectivity index (χ1v) is 7.57. The largest absolute Gasteiger partial charge is 0.748 e. The molecule has 0 aromatic carbocycles. The number of ether oxygens (including phenoxy) is 1. The van der Waals surface area contributed by atoms with Crippen molar-refractivity contribution in [3.63, 3.8) is 0 Å². The highest BCUT2D eigenvalue weighted by Gasteiger charge is 2.75. The summed E-state index contributed by atoms with van der Waals surface area (Å²) in [6, 6.07) is 0. The first-order chi connectivity index (χ1) is 9.70. The van der Waals surface area contributed by atoms with E-state index in [4.69, 9.17) is 0 Å². The van der Waals surface area contributed by atoms with Crippen molar-refractivity contribution < 1.29 is 48.8 Å². The van der Waals surface area contributed by atoms with Crippen molar-refractivity contribution in [2.45, 2.75) is 43.6 Å². The summed E-state index contributed by atoms with van der Waals surface area (Å²) < 4.78 is 112. The Balaban J connectivity index is 3.27. The molecule has 0 unspecified atom stereocenters. The normalized spacial score (nSPS) is 18.5. The van der Waals surface area contributed by atoms with Crippen molar-refractivity contribution >= 4 is 16.1 Å². The van der Waals surface area contributed by atoms with E-state index in [2.05, 4.69) is 4.74 Å². The molecule has 1 saturated carbocycles. The summed E-state index contributed by atoms with van der Waals surface area (Å²) in [5.41, 5.74) is -5.36. The smallest absolute Gasteiger partial charge is 0.438 e. The van der Waals surface area contributed by atoms with Crippen molar-refractivity contribution in [3.8, 4) is 0 Å². The Morgan fingerprint density at radius 1 is 1.05 bits per heavy atom. The number of carbonyl (C=O) groups excluding carboxylic acids is 1. The van der Waals surface area contributed by atoms with Gasteiger partial charge in [-0.3, -0.25) is 4.79 Å². The maximum absolute atomic E-state index is 12.8. The zero-order chi connectivity index (χ0) is 17.4. The fourth-order valence-corrected chi connectivity index (χ4v) is 3.02. The fraction of sp³-hybridized carbons (Fsp3) is 0.900. The lowest BCUT2D eigenvalue weighted by molar-refractivity contribution is -0.362. The van der Waals surface area contributed by atoms with Gasteiger partial charge in [0.1, 0.15) is 0 Å². The molecule has 0 heterocycles. The summed E-state index contributed by atoms with van der Waals surface area (Å²) in [7, 11) is -5.98. The van der Waals surface area contributed by atoms with Gasteiger partial charge >= 0.3 is 23.9 Å². The van der Waals surface area contributed by atoms with Crippen molar-refractivity contribution in [1.82, 2.24) is 0 Å².